The maximum Gasteiger partial charge on any atom is 0.315 e. The van der Waals surface area contributed by atoms with Crippen molar-refractivity contribution in [3.8, 4) is 0 Å². The van der Waals surface area contributed by atoms with Crippen molar-refractivity contribution in [3.63, 3.8) is 0 Å². The molecule has 112 valence electrons. The molecule has 1 aromatic carbocycles. The van der Waals surface area contributed by atoms with E-state index in [4.69, 9.17) is 4.74 Å². The third kappa shape index (κ3) is 3.85. The monoisotopic (exact) mass is 286 g/mol. The lowest BCUT2D eigenvalue weighted by Gasteiger charge is -2.30. The minimum Gasteiger partial charge on any atom is -0.373 e. The number of carbonyl (C=O) groups excluding carboxylic acids is 1. The standard InChI is InChI=1S/C17H22N2O2/c20-17(18-14-8-4-5-9-14)19-15-10-11-21-16(12-15)13-6-2-1-3-7-13/h1-7,14-16H,8-12H2,(H2,18,19,20)/t15-,16-/m1/s1. The van der Waals surface area contributed by atoms with Gasteiger partial charge in [0.25, 0.3) is 0 Å². The zero-order chi connectivity index (χ0) is 14.5. The van der Waals surface area contributed by atoms with E-state index in [0.717, 1.165) is 25.7 Å². The van der Waals surface area contributed by atoms with E-state index in [9.17, 15) is 4.79 Å². The van der Waals surface area contributed by atoms with Gasteiger partial charge in [-0.25, -0.2) is 4.79 Å². The van der Waals surface area contributed by atoms with Crippen LogP contribution in [0.1, 0.15) is 37.4 Å². The van der Waals surface area contributed by atoms with E-state index in [1.165, 1.54) is 5.56 Å². The average molecular weight is 286 g/mol. The van der Waals surface area contributed by atoms with Crippen LogP contribution in [0.3, 0.4) is 0 Å². The summed E-state index contributed by atoms with van der Waals surface area (Å²) in [4.78, 5) is 12.0. The number of nitrogens with one attached hydrogen (secondary N) is 2. The zero-order valence-electron chi connectivity index (χ0n) is 12.1. The Morgan fingerprint density at radius 2 is 1.76 bits per heavy atom. The smallest absolute Gasteiger partial charge is 0.315 e. The molecule has 2 atom stereocenters. The Hall–Kier alpha value is -1.81. The quantitative estimate of drug-likeness (QED) is 0.839. The van der Waals surface area contributed by atoms with Crippen molar-refractivity contribution < 1.29 is 9.53 Å². The first kappa shape index (κ1) is 14.1. The number of urea groups is 1. The molecular formula is C17H22N2O2. The minimum atomic E-state index is -0.0533. The molecule has 1 aliphatic carbocycles. The van der Waals surface area contributed by atoms with E-state index < -0.39 is 0 Å². The van der Waals surface area contributed by atoms with Crippen LogP contribution in [-0.4, -0.2) is 24.7 Å². The van der Waals surface area contributed by atoms with Crippen LogP contribution >= 0.6 is 0 Å². The van der Waals surface area contributed by atoms with Crippen molar-refractivity contribution in [1.29, 1.82) is 0 Å². The summed E-state index contributed by atoms with van der Waals surface area (Å²) in [6, 6.07) is 10.6. The SMILES string of the molecule is O=C(NC1CC=CC1)N[C@@H]1CCO[C@@H](c2ccccc2)C1. The number of ether oxygens (including phenoxy) is 1. The van der Waals surface area contributed by atoms with E-state index in [1.807, 2.05) is 18.2 Å². The van der Waals surface area contributed by atoms with Gasteiger partial charge in [-0.2, -0.15) is 0 Å². The van der Waals surface area contributed by atoms with Crippen molar-refractivity contribution in [1.82, 2.24) is 10.6 Å². The molecule has 4 heteroatoms. The molecule has 0 bridgehead atoms. The summed E-state index contributed by atoms with van der Waals surface area (Å²) in [6.45, 7) is 0.690. The van der Waals surface area contributed by atoms with Gasteiger partial charge in [-0.1, -0.05) is 42.5 Å². The molecule has 0 saturated carbocycles. The summed E-state index contributed by atoms with van der Waals surface area (Å²) in [5.74, 6) is 0. The van der Waals surface area contributed by atoms with E-state index in [2.05, 4.69) is 34.9 Å². The fourth-order valence-corrected chi connectivity index (χ4v) is 2.98. The van der Waals surface area contributed by atoms with Gasteiger partial charge in [0.1, 0.15) is 0 Å². The van der Waals surface area contributed by atoms with E-state index in [-0.39, 0.29) is 24.2 Å². The molecule has 2 amide bonds. The summed E-state index contributed by atoms with van der Waals surface area (Å²) in [7, 11) is 0. The Labute approximate surface area is 125 Å². The fourth-order valence-electron chi connectivity index (χ4n) is 2.98. The molecule has 2 aliphatic rings. The second-order valence-electron chi connectivity index (χ2n) is 5.75. The van der Waals surface area contributed by atoms with Crippen LogP contribution in [0.2, 0.25) is 0 Å². The van der Waals surface area contributed by atoms with Gasteiger partial charge in [0.2, 0.25) is 0 Å². The van der Waals surface area contributed by atoms with E-state index in [1.54, 1.807) is 0 Å². The van der Waals surface area contributed by atoms with Crippen LogP contribution < -0.4 is 10.6 Å². The summed E-state index contributed by atoms with van der Waals surface area (Å²) < 4.78 is 5.83. The molecule has 0 radical (unpaired) electrons. The number of benzene rings is 1. The van der Waals surface area contributed by atoms with Crippen LogP contribution in [0.15, 0.2) is 42.5 Å². The second kappa shape index (κ2) is 6.76. The van der Waals surface area contributed by atoms with Crippen molar-refractivity contribution in [2.24, 2.45) is 0 Å². The number of hydrogen-bond acceptors (Lipinski definition) is 2. The fraction of sp³-hybridized carbons (Fsp3) is 0.471. The van der Waals surface area contributed by atoms with Crippen molar-refractivity contribution in [2.45, 2.75) is 43.9 Å². The van der Waals surface area contributed by atoms with Gasteiger partial charge in [-0.05, 0) is 31.2 Å². The summed E-state index contributed by atoms with van der Waals surface area (Å²) in [6.07, 6.45) is 7.90. The van der Waals surface area contributed by atoms with Gasteiger partial charge in [0.15, 0.2) is 0 Å². The lowest BCUT2D eigenvalue weighted by molar-refractivity contribution is 0.00222. The first-order valence-electron chi connectivity index (χ1n) is 7.70. The normalized spacial score (nSPS) is 25.7. The molecule has 0 spiro atoms. The van der Waals surface area contributed by atoms with Crippen molar-refractivity contribution in [2.75, 3.05) is 6.61 Å². The average Bonchev–Trinajstić information content (AvgIpc) is 3.01. The molecule has 3 rings (SSSR count). The highest BCUT2D eigenvalue weighted by molar-refractivity contribution is 5.74. The van der Waals surface area contributed by atoms with Gasteiger partial charge in [-0.15, -0.1) is 0 Å². The minimum absolute atomic E-state index is 0.0533. The first-order chi connectivity index (χ1) is 10.3. The van der Waals surface area contributed by atoms with E-state index >= 15 is 0 Å². The summed E-state index contributed by atoms with van der Waals surface area (Å²) in [5, 5.41) is 6.12. The Bertz CT molecular complexity index is 493. The van der Waals surface area contributed by atoms with Crippen molar-refractivity contribution >= 4 is 6.03 Å². The van der Waals surface area contributed by atoms with Gasteiger partial charge >= 0.3 is 6.03 Å². The number of amides is 2. The van der Waals surface area contributed by atoms with Gasteiger partial charge in [-0.3, -0.25) is 0 Å². The highest BCUT2D eigenvalue weighted by Gasteiger charge is 2.25. The Kier molecular flexibility index (Phi) is 4.55. The largest absolute Gasteiger partial charge is 0.373 e. The maximum atomic E-state index is 12.0. The topological polar surface area (TPSA) is 50.4 Å². The predicted octanol–water partition coefficient (Wildman–Crippen LogP) is 2.92. The van der Waals surface area contributed by atoms with Gasteiger partial charge < -0.3 is 15.4 Å². The molecule has 2 N–H and O–H groups in total. The number of carbonyl (C=O) groups is 1. The zero-order valence-corrected chi connectivity index (χ0v) is 12.1. The van der Waals surface area contributed by atoms with E-state index in [0.29, 0.717) is 6.61 Å². The molecule has 0 unspecified atom stereocenters. The maximum absolute atomic E-state index is 12.0. The molecule has 1 fully saturated rings. The number of hydrogen-bond donors (Lipinski definition) is 2. The molecule has 4 nitrogen and oxygen atoms in total. The Morgan fingerprint density at radius 3 is 2.52 bits per heavy atom. The third-order valence-electron chi connectivity index (χ3n) is 4.13. The molecule has 1 saturated heterocycles. The highest BCUT2D eigenvalue weighted by Crippen LogP contribution is 2.27. The number of rotatable bonds is 3. The molecule has 1 heterocycles. The molecule has 21 heavy (non-hydrogen) atoms. The molecular weight excluding hydrogens is 264 g/mol. The van der Waals surface area contributed by atoms with Crippen LogP contribution in [0.4, 0.5) is 4.79 Å². The van der Waals surface area contributed by atoms with Crippen molar-refractivity contribution in [3.05, 3.63) is 48.0 Å². The van der Waals surface area contributed by atoms with Crippen LogP contribution in [0, 0.1) is 0 Å². The summed E-state index contributed by atoms with van der Waals surface area (Å²) >= 11 is 0. The van der Waals surface area contributed by atoms with Crippen LogP contribution in [0.5, 0.6) is 0 Å². The molecule has 1 aromatic rings. The Balaban J connectivity index is 1.50. The third-order valence-corrected chi connectivity index (χ3v) is 4.13. The lowest BCUT2D eigenvalue weighted by atomic mass is 9.97. The predicted molar refractivity (Wildman–Crippen MR) is 82.0 cm³/mol. The van der Waals surface area contributed by atoms with Crippen LogP contribution in [0.25, 0.3) is 0 Å². The first-order valence-corrected chi connectivity index (χ1v) is 7.70. The lowest BCUT2D eigenvalue weighted by Crippen LogP contribution is -2.47. The highest BCUT2D eigenvalue weighted by atomic mass is 16.5. The molecule has 1 aliphatic heterocycles. The Morgan fingerprint density at radius 1 is 1.05 bits per heavy atom. The second-order valence-corrected chi connectivity index (χ2v) is 5.75. The van der Waals surface area contributed by atoms with Gasteiger partial charge in [0, 0.05) is 18.7 Å². The van der Waals surface area contributed by atoms with Crippen LogP contribution in [-0.2, 0) is 4.74 Å². The summed E-state index contributed by atoms with van der Waals surface area (Å²) in [5.41, 5.74) is 1.18. The van der Waals surface area contributed by atoms with Gasteiger partial charge in [0.05, 0.1) is 6.10 Å². The molecule has 0 aromatic heterocycles.